The Bertz CT molecular complexity index is 1010. The van der Waals surface area contributed by atoms with Crippen LogP contribution in [0.2, 0.25) is 0 Å². The summed E-state index contributed by atoms with van der Waals surface area (Å²) in [5.74, 6) is 0.0434. The second kappa shape index (κ2) is 12.4. The summed E-state index contributed by atoms with van der Waals surface area (Å²) in [5, 5.41) is 2.94. The molecule has 1 aliphatic heterocycles. The maximum Gasteiger partial charge on any atom is 0.264 e. The average Bonchev–Trinajstić information content (AvgIpc) is 2.86. The Morgan fingerprint density at radius 3 is 2.44 bits per heavy atom. The van der Waals surface area contributed by atoms with Gasteiger partial charge in [-0.15, -0.1) is 0 Å². The summed E-state index contributed by atoms with van der Waals surface area (Å²) in [4.78, 5) is 15.5. The van der Waals surface area contributed by atoms with Crippen molar-refractivity contribution in [3.63, 3.8) is 0 Å². The monoisotopic (exact) mass is 485 g/mol. The lowest BCUT2D eigenvalue weighted by Gasteiger charge is -2.35. The van der Waals surface area contributed by atoms with Crippen molar-refractivity contribution in [2.45, 2.75) is 69.7 Å². The van der Waals surface area contributed by atoms with E-state index in [1.165, 1.54) is 23.6 Å². The third-order valence-corrected chi connectivity index (χ3v) is 8.42. The normalized spacial score (nSPS) is 17.0. The van der Waals surface area contributed by atoms with Crippen molar-refractivity contribution in [1.82, 2.24) is 10.2 Å². The van der Waals surface area contributed by atoms with Crippen LogP contribution in [0.4, 0.5) is 5.69 Å². The van der Waals surface area contributed by atoms with Crippen molar-refractivity contribution in [2.24, 2.45) is 0 Å². The number of amides is 1. The lowest BCUT2D eigenvalue weighted by atomic mass is 10.00. The third kappa shape index (κ3) is 6.83. The van der Waals surface area contributed by atoms with E-state index >= 15 is 0 Å². The topological polar surface area (TPSA) is 69.7 Å². The standard InChI is InChI=1S/C27H39N3O3S/c1-4-24-11-8-9-19-29(24)20-10-18-28-27(31)21-30(25-16-14-23(15-17-25)22(2)3)34(32,33)26-12-6-5-7-13-26/h5-7,12-17,22,24H,4,8-11,18-21H2,1-3H3,(H,28,31). The van der Waals surface area contributed by atoms with Crippen molar-refractivity contribution in [3.05, 3.63) is 60.2 Å². The van der Waals surface area contributed by atoms with Gasteiger partial charge in [-0.1, -0.05) is 57.5 Å². The molecule has 2 aromatic rings. The van der Waals surface area contributed by atoms with Crippen LogP contribution in [0.1, 0.15) is 64.4 Å². The molecule has 1 heterocycles. The van der Waals surface area contributed by atoms with Gasteiger partial charge in [0.1, 0.15) is 6.54 Å². The van der Waals surface area contributed by atoms with E-state index in [2.05, 4.69) is 31.0 Å². The van der Waals surface area contributed by atoms with Crippen LogP contribution in [0.3, 0.4) is 0 Å². The van der Waals surface area contributed by atoms with Gasteiger partial charge in [-0.05, 0) is 68.0 Å². The van der Waals surface area contributed by atoms with Gasteiger partial charge < -0.3 is 10.2 Å². The van der Waals surface area contributed by atoms with Gasteiger partial charge in [-0.3, -0.25) is 9.10 Å². The molecular weight excluding hydrogens is 446 g/mol. The number of benzene rings is 2. The Morgan fingerprint density at radius 2 is 1.79 bits per heavy atom. The summed E-state index contributed by atoms with van der Waals surface area (Å²) < 4.78 is 28.1. The maximum absolute atomic E-state index is 13.4. The molecule has 3 rings (SSSR count). The zero-order chi connectivity index (χ0) is 24.6. The number of anilines is 1. The number of hydrogen-bond acceptors (Lipinski definition) is 4. The quantitative estimate of drug-likeness (QED) is 0.465. The highest BCUT2D eigenvalue weighted by molar-refractivity contribution is 7.92. The van der Waals surface area contributed by atoms with Crippen molar-refractivity contribution in [3.8, 4) is 0 Å². The van der Waals surface area contributed by atoms with E-state index in [4.69, 9.17) is 0 Å². The van der Waals surface area contributed by atoms with Crippen molar-refractivity contribution >= 4 is 21.6 Å². The summed E-state index contributed by atoms with van der Waals surface area (Å²) in [7, 11) is -3.88. The fraction of sp³-hybridized carbons (Fsp3) is 0.519. The number of rotatable bonds is 11. The van der Waals surface area contributed by atoms with Gasteiger partial charge in [0.15, 0.2) is 0 Å². The largest absolute Gasteiger partial charge is 0.354 e. The van der Waals surface area contributed by atoms with Crippen molar-refractivity contribution in [1.29, 1.82) is 0 Å². The van der Waals surface area contributed by atoms with Gasteiger partial charge in [0, 0.05) is 19.1 Å². The fourth-order valence-corrected chi connectivity index (χ4v) is 6.02. The number of hydrogen-bond donors (Lipinski definition) is 1. The van der Waals surface area contributed by atoms with Crippen LogP contribution in [0.5, 0.6) is 0 Å². The molecular formula is C27H39N3O3S. The molecule has 6 nitrogen and oxygen atoms in total. The minimum absolute atomic E-state index is 0.173. The lowest BCUT2D eigenvalue weighted by molar-refractivity contribution is -0.119. The first-order valence-electron chi connectivity index (χ1n) is 12.5. The molecule has 1 saturated heterocycles. The van der Waals surface area contributed by atoms with Gasteiger partial charge in [0.2, 0.25) is 5.91 Å². The fourth-order valence-electron chi connectivity index (χ4n) is 4.57. The first-order valence-corrected chi connectivity index (χ1v) is 14.0. The maximum atomic E-state index is 13.4. The molecule has 1 atom stereocenters. The highest BCUT2D eigenvalue weighted by Gasteiger charge is 2.27. The third-order valence-electron chi connectivity index (χ3n) is 6.63. The minimum atomic E-state index is -3.88. The summed E-state index contributed by atoms with van der Waals surface area (Å²) in [5.41, 5.74) is 1.61. The number of sulfonamides is 1. The Kier molecular flexibility index (Phi) is 9.54. The van der Waals surface area contributed by atoms with Crippen LogP contribution < -0.4 is 9.62 Å². The molecule has 1 unspecified atom stereocenters. The van der Waals surface area contributed by atoms with Gasteiger partial charge in [-0.25, -0.2) is 8.42 Å². The van der Waals surface area contributed by atoms with Gasteiger partial charge >= 0.3 is 0 Å². The number of piperidine rings is 1. The summed E-state index contributed by atoms with van der Waals surface area (Å²) in [6, 6.07) is 16.3. The molecule has 186 valence electrons. The van der Waals surface area contributed by atoms with Crippen LogP contribution in [-0.2, 0) is 14.8 Å². The molecule has 0 aromatic heterocycles. The Balaban J connectivity index is 1.67. The predicted molar refractivity (Wildman–Crippen MR) is 139 cm³/mol. The zero-order valence-electron chi connectivity index (χ0n) is 20.7. The first-order chi connectivity index (χ1) is 16.3. The molecule has 0 aliphatic carbocycles. The summed E-state index contributed by atoms with van der Waals surface area (Å²) >= 11 is 0. The molecule has 0 spiro atoms. The molecule has 1 fully saturated rings. The van der Waals surface area contributed by atoms with E-state index in [1.54, 1.807) is 42.5 Å². The smallest absolute Gasteiger partial charge is 0.264 e. The van der Waals surface area contributed by atoms with Gasteiger partial charge in [-0.2, -0.15) is 0 Å². The van der Waals surface area contributed by atoms with Crippen LogP contribution in [-0.4, -0.2) is 51.4 Å². The Morgan fingerprint density at radius 1 is 1.09 bits per heavy atom. The van der Waals surface area contributed by atoms with E-state index in [-0.39, 0.29) is 17.3 Å². The molecule has 1 N–H and O–H groups in total. The number of likely N-dealkylation sites (tertiary alicyclic amines) is 1. The molecule has 0 bridgehead atoms. The number of carbonyl (C=O) groups excluding carboxylic acids is 1. The number of carbonyl (C=O) groups is 1. The van der Waals surface area contributed by atoms with Crippen LogP contribution in [0.15, 0.2) is 59.5 Å². The van der Waals surface area contributed by atoms with Crippen LogP contribution in [0, 0.1) is 0 Å². The summed E-state index contributed by atoms with van der Waals surface area (Å²) in [6.07, 6.45) is 5.82. The lowest BCUT2D eigenvalue weighted by Crippen LogP contribution is -2.43. The second-order valence-electron chi connectivity index (χ2n) is 9.37. The Hall–Kier alpha value is -2.38. The molecule has 0 radical (unpaired) electrons. The zero-order valence-corrected chi connectivity index (χ0v) is 21.6. The average molecular weight is 486 g/mol. The molecule has 7 heteroatoms. The second-order valence-corrected chi connectivity index (χ2v) is 11.2. The predicted octanol–water partition coefficient (Wildman–Crippen LogP) is 4.78. The van der Waals surface area contributed by atoms with E-state index in [0.717, 1.165) is 31.5 Å². The minimum Gasteiger partial charge on any atom is -0.354 e. The van der Waals surface area contributed by atoms with Crippen molar-refractivity contribution < 1.29 is 13.2 Å². The highest BCUT2D eigenvalue weighted by atomic mass is 32.2. The van der Waals surface area contributed by atoms with E-state index in [9.17, 15) is 13.2 Å². The number of nitrogens with zero attached hydrogens (tertiary/aromatic N) is 2. The summed E-state index contributed by atoms with van der Waals surface area (Å²) in [6.45, 7) is 8.79. The SMILES string of the molecule is CCC1CCCCN1CCCNC(=O)CN(c1ccc(C(C)C)cc1)S(=O)(=O)c1ccccc1. The van der Waals surface area contributed by atoms with Crippen LogP contribution >= 0.6 is 0 Å². The van der Waals surface area contributed by atoms with E-state index in [1.807, 2.05) is 12.1 Å². The van der Waals surface area contributed by atoms with Crippen molar-refractivity contribution in [2.75, 3.05) is 30.5 Å². The van der Waals surface area contributed by atoms with Crippen LogP contribution in [0.25, 0.3) is 0 Å². The molecule has 2 aromatic carbocycles. The first kappa shape index (κ1) is 26.2. The Labute approximate surface area is 205 Å². The van der Waals surface area contributed by atoms with E-state index < -0.39 is 10.0 Å². The molecule has 0 saturated carbocycles. The molecule has 34 heavy (non-hydrogen) atoms. The number of nitrogens with one attached hydrogen (secondary N) is 1. The van der Waals surface area contributed by atoms with Gasteiger partial charge in [0.05, 0.1) is 10.6 Å². The van der Waals surface area contributed by atoms with Gasteiger partial charge in [0.25, 0.3) is 10.0 Å². The van der Waals surface area contributed by atoms with E-state index in [0.29, 0.717) is 24.2 Å². The molecule has 1 amide bonds. The highest BCUT2D eigenvalue weighted by Crippen LogP contribution is 2.26. The molecule has 1 aliphatic rings.